The van der Waals surface area contributed by atoms with Gasteiger partial charge in [0.05, 0.1) is 5.75 Å². The molecule has 0 fully saturated rings. The van der Waals surface area contributed by atoms with E-state index < -0.39 is 10.0 Å². The Kier molecular flexibility index (Phi) is 4.22. The highest BCUT2D eigenvalue weighted by Crippen LogP contribution is 2.15. The quantitative estimate of drug-likeness (QED) is 0.784. The van der Waals surface area contributed by atoms with Gasteiger partial charge in [0.15, 0.2) is 0 Å². The lowest BCUT2D eigenvalue weighted by atomic mass is 10.1. The molecule has 0 unspecified atom stereocenters. The van der Waals surface area contributed by atoms with Gasteiger partial charge in [-0.15, -0.1) is 0 Å². The Labute approximate surface area is 130 Å². The van der Waals surface area contributed by atoms with Crippen LogP contribution in [0.2, 0.25) is 0 Å². The number of nitrogens with one attached hydrogen (secondary N) is 1. The van der Waals surface area contributed by atoms with E-state index in [1.54, 1.807) is 0 Å². The Bertz CT molecular complexity index is 874. The predicted octanol–water partition coefficient (Wildman–Crippen LogP) is 3.46. The maximum absolute atomic E-state index is 12.1. The second-order valence-corrected chi connectivity index (χ2v) is 7.05. The molecular formula is C18H17NO2S. The standard InChI is InChI=1S/C18H17NO2S/c20-22(21,14-15-6-2-1-3-7-15)19-13-16-10-11-17-8-4-5-9-18(17)12-16/h1-12,19H,13-14H2. The number of sulfonamides is 1. The summed E-state index contributed by atoms with van der Waals surface area (Å²) in [6, 6.07) is 23.2. The van der Waals surface area contributed by atoms with Gasteiger partial charge in [0.2, 0.25) is 10.0 Å². The van der Waals surface area contributed by atoms with Crippen molar-refractivity contribution < 1.29 is 8.42 Å². The van der Waals surface area contributed by atoms with E-state index in [1.807, 2.05) is 72.8 Å². The lowest BCUT2D eigenvalue weighted by molar-refractivity contribution is 0.580. The van der Waals surface area contributed by atoms with E-state index in [4.69, 9.17) is 0 Å². The first-order chi connectivity index (χ1) is 10.6. The molecule has 3 nitrogen and oxygen atoms in total. The van der Waals surface area contributed by atoms with Crippen LogP contribution in [0, 0.1) is 0 Å². The Morgan fingerprint density at radius 1 is 0.727 bits per heavy atom. The molecule has 0 radical (unpaired) electrons. The van der Waals surface area contributed by atoms with Crippen molar-refractivity contribution in [3.8, 4) is 0 Å². The average molecular weight is 311 g/mol. The maximum Gasteiger partial charge on any atom is 0.216 e. The van der Waals surface area contributed by atoms with Gasteiger partial charge in [-0.2, -0.15) is 0 Å². The van der Waals surface area contributed by atoms with Gasteiger partial charge in [-0.25, -0.2) is 13.1 Å². The van der Waals surface area contributed by atoms with Crippen LogP contribution >= 0.6 is 0 Å². The predicted molar refractivity (Wildman–Crippen MR) is 89.9 cm³/mol. The SMILES string of the molecule is O=S(=O)(Cc1ccccc1)NCc1ccc2ccccc2c1. The highest BCUT2D eigenvalue weighted by molar-refractivity contribution is 7.88. The van der Waals surface area contributed by atoms with Crippen LogP contribution in [0.1, 0.15) is 11.1 Å². The van der Waals surface area contributed by atoms with E-state index in [2.05, 4.69) is 4.72 Å². The molecule has 0 heterocycles. The van der Waals surface area contributed by atoms with Gasteiger partial charge >= 0.3 is 0 Å². The largest absolute Gasteiger partial charge is 0.216 e. The van der Waals surface area contributed by atoms with Crippen LogP contribution < -0.4 is 4.72 Å². The lowest BCUT2D eigenvalue weighted by Crippen LogP contribution is -2.24. The fourth-order valence-electron chi connectivity index (χ4n) is 2.39. The summed E-state index contributed by atoms with van der Waals surface area (Å²) in [4.78, 5) is 0. The number of benzene rings is 3. The first-order valence-corrected chi connectivity index (χ1v) is 8.77. The molecule has 3 rings (SSSR count). The van der Waals surface area contributed by atoms with Crippen molar-refractivity contribution in [3.05, 3.63) is 83.9 Å². The summed E-state index contributed by atoms with van der Waals surface area (Å²) < 4.78 is 26.9. The van der Waals surface area contributed by atoms with Crippen LogP contribution in [0.15, 0.2) is 72.8 Å². The molecule has 0 saturated heterocycles. The zero-order valence-electron chi connectivity index (χ0n) is 12.1. The van der Waals surface area contributed by atoms with Crippen molar-refractivity contribution in [3.63, 3.8) is 0 Å². The van der Waals surface area contributed by atoms with Gasteiger partial charge in [-0.1, -0.05) is 66.7 Å². The maximum atomic E-state index is 12.1. The molecule has 3 aromatic rings. The minimum atomic E-state index is -3.34. The summed E-state index contributed by atoms with van der Waals surface area (Å²) in [5.41, 5.74) is 1.74. The van der Waals surface area contributed by atoms with Crippen LogP contribution in [0.5, 0.6) is 0 Å². The van der Waals surface area contributed by atoms with Crippen LogP contribution in [-0.4, -0.2) is 8.42 Å². The smallest absolute Gasteiger partial charge is 0.212 e. The third-order valence-corrected chi connectivity index (χ3v) is 4.81. The highest BCUT2D eigenvalue weighted by Gasteiger charge is 2.11. The van der Waals surface area contributed by atoms with Gasteiger partial charge in [0.1, 0.15) is 0 Å². The Morgan fingerprint density at radius 3 is 2.18 bits per heavy atom. The molecule has 0 atom stereocenters. The zero-order valence-corrected chi connectivity index (χ0v) is 12.9. The number of hydrogen-bond acceptors (Lipinski definition) is 2. The minimum absolute atomic E-state index is 0.00141. The van der Waals surface area contributed by atoms with Gasteiger partial charge in [-0.05, 0) is 28.0 Å². The van der Waals surface area contributed by atoms with Gasteiger partial charge < -0.3 is 0 Å². The van der Waals surface area contributed by atoms with Gasteiger partial charge in [0, 0.05) is 6.54 Å². The van der Waals surface area contributed by atoms with Crippen LogP contribution in [0.3, 0.4) is 0 Å². The van der Waals surface area contributed by atoms with Crippen LogP contribution in [0.4, 0.5) is 0 Å². The average Bonchev–Trinajstić information content (AvgIpc) is 2.53. The molecule has 22 heavy (non-hydrogen) atoms. The Hall–Kier alpha value is -2.17. The second-order valence-electron chi connectivity index (χ2n) is 5.25. The molecular weight excluding hydrogens is 294 g/mol. The second kappa shape index (κ2) is 6.30. The van der Waals surface area contributed by atoms with E-state index in [-0.39, 0.29) is 5.75 Å². The Balaban J connectivity index is 1.70. The number of rotatable bonds is 5. The molecule has 4 heteroatoms. The third kappa shape index (κ3) is 3.72. The van der Waals surface area contributed by atoms with E-state index >= 15 is 0 Å². The molecule has 0 bridgehead atoms. The summed E-state index contributed by atoms with van der Waals surface area (Å²) >= 11 is 0. The van der Waals surface area contributed by atoms with Crippen molar-refractivity contribution in [1.29, 1.82) is 0 Å². The molecule has 0 spiro atoms. The molecule has 0 aliphatic rings. The van der Waals surface area contributed by atoms with Crippen molar-refractivity contribution in [2.24, 2.45) is 0 Å². The monoisotopic (exact) mass is 311 g/mol. The van der Waals surface area contributed by atoms with Crippen LogP contribution in [0.25, 0.3) is 10.8 Å². The normalized spacial score (nSPS) is 11.6. The van der Waals surface area contributed by atoms with Crippen LogP contribution in [-0.2, 0) is 22.3 Å². The topological polar surface area (TPSA) is 46.2 Å². The fraction of sp³-hybridized carbons (Fsp3) is 0.111. The number of hydrogen-bond donors (Lipinski definition) is 1. The van der Waals surface area contributed by atoms with E-state index in [9.17, 15) is 8.42 Å². The zero-order chi connectivity index (χ0) is 15.4. The molecule has 112 valence electrons. The minimum Gasteiger partial charge on any atom is -0.212 e. The molecule has 1 N–H and O–H groups in total. The fourth-order valence-corrected chi connectivity index (χ4v) is 3.51. The van der Waals surface area contributed by atoms with Gasteiger partial charge in [-0.3, -0.25) is 0 Å². The van der Waals surface area contributed by atoms with Crippen molar-refractivity contribution >= 4 is 20.8 Å². The first kappa shape index (κ1) is 14.8. The van der Waals surface area contributed by atoms with Crippen molar-refractivity contribution in [2.45, 2.75) is 12.3 Å². The summed E-state index contributed by atoms with van der Waals surface area (Å²) in [6.45, 7) is 0.306. The van der Waals surface area contributed by atoms with Crippen molar-refractivity contribution in [2.75, 3.05) is 0 Å². The summed E-state index contributed by atoms with van der Waals surface area (Å²) in [7, 11) is -3.34. The first-order valence-electron chi connectivity index (χ1n) is 7.11. The third-order valence-electron chi connectivity index (χ3n) is 3.51. The van der Waals surface area contributed by atoms with Crippen molar-refractivity contribution in [1.82, 2.24) is 4.72 Å². The number of fused-ring (bicyclic) bond motifs is 1. The summed E-state index contributed by atoms with van der Waals surface area (Å²) in [5.74, 6) is 0.00141. The van der Waals surface area contributed by atoms with Gasteiger partial charge in [0.25, 0.3) is 0 Å². The van der Waals surface area contributed by atoms with E-state index in [0.717, 1.165) is 21.9 Å². The van der Waals surface area contributed by atoms with E-state index in [1.165, 1.54) is 0 Å². The summed E-state index contributed by atoms with van der Waals surface area (Å²) in [5, 5.41) is 2.26. The highest BCUT2D eigenvalue weighted by atomic mass is 32.2. The lowest BCUT2D eigenvalue weighted by Gasteiger charge is -2.08. The molecule has 0 amide bonds. The molecule has 0 aliphatic heterocycles. The molecule has 0 saturated carbocycles. The molecule has 0 aromatic heterocycles. The summed E-state index contributed by atoms with van der Waals surface area (Å²) in [6.07, 6.45) is 0. The Morgan fingerprint density at radius 2 is 1.41 bits per heavy atom. The molecule has 0 aliphatic carbocycles. The molecule has 3 aromatic carbocycles. The van der Waals surface area contributed by atoms with E-state index in [0.29, 0.717) is 6.54 Å².